The van der Waals surface area contributed by atoms with Gasteiger partial charge >= 0.3 is 5.97 Å². The molecule has 0 radical (unpaired) electrons. The number of aromatic carboxylic acids is 1. The lowest BCUT2D eigenvalue weighted by atomic mass is 10.1. The first-order chi connectivity index (χ1) is 9.70. The van der Waals surface area contributed by atoms with E-state index in [1.54, 1.807) is 12.1 Å². The van der Waals surface area contributed by atoms with Gasteiger partial charge in [0.25, 0.3) is 0 Å². The lowest BCUT2D eigenvalue weighted by Gasteiger charge is -2.08. The van der Waals surface area contributed by atoms with Crippen LogP contribution in [0.2, 0.25) is 0 Å². The smallest absolute Gasteiger partial charge is 0.345 e. The monoisotopic (exact) mass is 287 g/mol. The molecule has 0 saturated heterocycles. The molecule has 2 aromatic rings. The number of carbonyl (C=O) groups is 1. The summed E-state index contributed by atoms with van der Waals surface area (Å²) in [4.78, 5) is 17.1. The van der Waals surface area contributed by atoms with Crippen LogP contribution in [-0.4, -0.2) is 11.1 Å². The Morgan fingerprint density at radius 2 is 1.90 bits per heavy atom. The maximum atomic E-state index is 11.0. The molecular weight excluding hydrogens is 274 g/mol. The predicted octanol–water partition coefficient (Wildman–Crippen LogP) is 3.15. The van der Waals surface area contributed by atoms with Gasteiger partial charge in [0.1, 0.15) is 4.88 Å². The Balaban J connectivity index is 2.09. The molecular formula is C15H13NO3S. The van der Waals surface area contributed by atoms with Crippen LogP contribution in [0.25, 0.3) is 11.3 Å². The number of fused-ring (bicyclic) bond motifs is 1. The van der Waals surface area contributed by atoms with Crippen molar-refractivity contribution >= 4 is 28.6 Å². The van der Waals surface area contributed by atoms with Crippen LogP contribution in [-0.2, 0) is 11.3 Å². The molecule has 1 aromatic carbocycles. The highest BCUT2D eigenvalue weighted by Crippen LogP contribution is 2.39. The summed E-state index contributed by atoms with van der Waals surface area (Å²) in [7, 11) is 0. The minimum Gasteiger partial charge on any atom is -0.477 e. The molecule has 3 rings (SSSR count). The molecule has 1 aliphatic rings. The molecule has 0 unspecified atom stereocenters. The quantitative estimate of drug-likeness (QED) is 0.672. The van der Waals surface area contributed by atoms with Crippen LogP contribution < -0.4 is 5.90 Å². The van der Waals surface area contributed by atoms with Crippen LogP contribution in [0.3, 0.4) is 0 Å². The molecule has 0 amide bonds. The second-order valence-electron chi connectivity index (χ2n) is 4.55. The summed E-state index contributed by atoms with van der Waals surface area (Å²) >= 11 is 1.17. The summed E-state index contributed by atoms with van der Waals surface area (Å²) < 4.78 is 0. The molecule has 1 aliphatic carbocycles. The van der Waals surface area contributed by atoms with Gasteiger partial charge in [0.2, 0.25) is 0 Å². The standard InChI is InChI=1S/C15H13NO3S/c16-19-14(12-7-8-13(20-12)15(17)18)11-6-5-9-3-1-2-4-10(9)11/h1-4,7-8H,5-6,16H2,(H,17,18)/b14-11+. The normalized spacial score (nSPS) is 15.8. The first kappa shape index (κ1) is 12.9. The van der Waals surface area contributed by atoms with Crippen molar-refractivity contribution in [2.75, 3.05) is 0 Å². The zero-order valence-corrected chi connectivity index (χ0v) is 11.4. The SMILES string of the molecule is NO/C(=C1\CCc2ccccc21)c1ccc(C(=O)O)s1. The number of allylic oxidation sites excluding steroid dienone is 1. The first-order valence-electron chi connectivity index (χ1n) is 6.22. The van der Waals surface area contributed by atoms with E-state index in [0.717, 1.165) is 28.9 Å². The van der Waals surface area contributed by atoms with Crippen molar-refractivity contribution in [1.29, 1.82) is 0 Å². The molecule has 1 heterocycles. The summed E-state index contributed by atoms with van der Waals surface area (Å²) in [6.07, 6.45) is 1.81. The van der Waals surface area contributed by atoms with Crippen molar-refractivity contribution in [1.82, 2.24) is 0 Å². The number of carboxylic acids is 1. The Hall–Kier alpha value is -2.11. The number of nitrogens with two attached hydrogens (primary N) is 1. The Labute approximate surface area is 120 Å². The van der Waals surface area contributed by atoms with E-state index >= 15 is 0 Å². The van der Waals surface area contributed by atoms with Crippen LogP contribution in [0.4, 0.5) is 0 Å². The summed E-state index contributed by atoms with van der Waals surface area (Å²) in [6.45, 7) is 0. The van der Waals surface area contributed by atoms with Crippen LogP contribution in [0.15, 0.2) is 36.4 Å². The van der Waals surface area contributed by atoms with E-state index in [4.69, 9.17) is 15.8 Å². The fourth-order valence-corrected chi connectivity index (χ4v) is 3.38. The van der Waals surface area contributed by atoms with Gasteiger partial charge in [-0.3, -0.25) is 0 Å². The first-order valence-corrected chi connectivity index (χ1v) is 7.04. The molecule has 0 bridgehead atoms. The van der Waals surface area contributed by atoms with Gasteiger partial charge in [0.15, 0.2) is 5.76 Å². The van der Waals surface area contributed by atoms with E-state index in [9.17, 15) is 4.79 Å². The number of aryl methyl sites for hydroxylation is 1. The molecule has 0 spiro atoms. The minimum atomic E-state index is -0.936. The van der Waals surface area contributed by atoms with Crippen molar-refractivity contribution < 1.29 is 14.7 Å². The van der Waals surface area contributed by atoms with Crippen molar-refractivity contribution in [3.8, 4) is 0 Å². The van der Waals surface area contributed by atoms with Crippen molar-refractivity contribution in [3.63, 3.8) is 0 Å². The average Bonchev–Trinajstić information content (AvgIpc) is 3.08. The molecule has 0 saturated carbocycles. The Bertz CT molecular complexity index is 703. The highest BCUT2D eigenvalue weighted by atomic mass is 32.1. The summed E-state index contributed by atoms with van der Waals surface area (Å²) in [5, 5.41) is 9.00. The average molecular weight is 287 g/mol. The molecule has 3 N–H and O–H groups in total. The molecule has 102 valence electrons. The third kappa shape index (κ3) is 2.11. The van der Waals surface area contributed by atoms with Gasteiger partial charge in [-0.1, -0.05) is 24.3 Å². The van der Waals surface area contributed by atoms with Crippen molar-refractivity contribution in [2.24, 2.45) is 5.90 Å². The molecule has 4 nitrogen and oxygen atoms in total. The summed E-state index contributed by atoms with van der Waals surface area (Å²) in [6, 6.07) is 11.4. The van der Waals surface area contributed by atoms with E-state index in [2.05, 4.69) is 6.07 Å². The van der Waals surface area contributed by atoms with Gasteiger partial charge in [-0.05, 0) is 36.1 Å². The predicted molar refractivity (Wildman–Crippen MR) is 78.1 cm³/mol. The lowest BCUT2D eigenvalue weighted by Crippen LogP contribution is -2.00. The van der Waals surface area contributed by atoms with E-state index in [1.165, 1.54) is 16.9 Å². The molecule has 0 atom stereocenters. The minimum absolute atomic E-state index is 0.279. The van der Waals surface area contributed by atoms with Gasteiger partial charge in [0.05, 0.1) is 4.88 Å². The van der Waals surface area contributed by atoms with Gasteiger partial charge in [-0.25, -0.2) is 4.79 Å². The van der Waals surface area contributed by atoms with E-state index in [-0.39, 0.29) is 4.88 Å². The second-order valence-corrected chi connectivity index (χ2v) is 5.64. The highest BCUT2D eigenvalue weighted by Gasteiger charge is 2.22. The van der Waals surface area contributed by atoms with E-state index in [1.807, 2.05) is 18.2 Å². The maximum Gasteiger partial charge on any atom is 0.345 e. The third-order valence-electron chi connectivity index (χ3n) is 3.42. The largest absolute Gasteiger partial charge is 0.477 e. The van der Waals surface area contributed by atoms with Crippen LogP contribution in [0.1, 0.15) is 32.1 Å². The van der Waals surface area contributed by atoms with E-state index in [0.29, 0.717) is 5.76 Å². The number of hydrogen-bond donors (Lipinski definition) is 2. The Kier molecular flexibility index (Phi) is 3.30. The fourth-order valence-electron chi connectivity index (χ4n) is 2.52. The van der Waals surface area contributed by atoms with E-state index < -0.39 is 5.97 Å². The Morgan fingerprint density at radius 1 is 1.15 bits per heavy atom. The van der Waals surface area contributed by atoms with Crippen LogP contribution in [0, 0.1) is 0 Å². The lowest BCUT2D eigenvalue weighted by molar-refractivity contribution is 0.0702. The van der Waals surface area contributed by atoms with Gasteiger partial charge in [-0.15, -0.1) is 11.3 Å². The molecule has 1 aromatic heterocycles. The highest BCUT2D eigenvalue weighted by molar-refractivity contribution is 7.15. The van der Waals surface area contributed by atoms with Crippen LogP contribution in [0.5, 0.6) is 0 Å². The molecule has 5 heteroatoms. The van der Waals surface area contributed by atoms with Gasteiger partial charge in [0, 0.05) is 5.57 Å². The zero-order chi connectivity index (χ0) is 14.1. The molecule has 0 aliphatic heterocycles. The molecule has 20 heavy (non-hydrogen) atoms. The number of thiophene rings is 1. The van der Waals surface area contributed by atoms with Gasteiger partial charge in [-0.2, -0.15) is 5.90 Å². The van der Waals surface area contributed by atoms with Crippen molar-refractivity contribution in [3.05, 3.63) is 57.3 Å². The topological polar surface area (TPSA) is 72.5 Å². The Morgan fingerprint density at radius 3 is 2.60 bits per heavy atom. The number of rotatable bonds is 3. The van der Waals surface area contributed by atoms with Crippen molar-refractivity contribution in [2.45, 2.75) is 12.8 Å². The third-order valence-corrected chi connectivity index (χ3v) is 4.49. The number of carboxylic acid groups (broad SMARTS) is 1. The maximum absolute atomic E-state index is 11.0. The number of hydrogen-bond acceptors (Lipinski definition) is 4. The van der Waals surface area contributed by atoms with Crippen LogP contribution >= 0.6 is 11.3 Å². The fraction of sp³-hybridized carbons (Fsp3) is 0.133. The summed E-state index contributed by atoms with van der Waals surface area (Å²) in [5.74, 6) is 5.07. The zero-order valence-electron chi connectivity index (χ0n) is 10.6. The molecule has 0 fully saturated rings. The second kappa shape index (κ2) is 5.11. The number of benzene rings is 1. The van der Waals surface area contributed by atoms with Gasteiger partial charge < -0.3 is 9.94 Å². The summed E-state index contributed by atoms with van der Waals surface area (Å²) in [5.41, 5.74) is 3.45.